The van der Waals surface area contributed by atoms with E-state index in [4.69, 9.17) is 10.5 Å². The molecule has 1 aromatic rings. The third-order valence-corrected chi connectivity index (χ3v) is 4.48. The lowest BCUT2D eigenvalue weighted by molar-refractivity contribution is -0.127. The SMILES string of the molecule is COc1ccc(CNC(=O)[C@@H](C)N2CCC(C(N)=O)CC2)cc1. The highest BCUT2D eigenvalue weighted by atomic mass is 16.5. The van der Waals surface area contributed by atoms with E-state index in [2.05, 4.69) is 10.2 Å². The van der Waals surface area contributed by atoms with Crippen molar-refractivity contribution in [2.45, 2.75) is 32.4 Å². The van der Waals surface area contributed by atoms with Crippen LogP contribution < -0.4 is 15.8 Å². The van der Waals surface area contributed by atoms with Gasteiger partial charge < -0.3 is 15.8 Å². The van der Waals surface area contributed by atoms with E-state index in [0.29, 0.717) is 6.54 Å². The van der Waals surface area contributed by atoms with Crippen LogP contribution in [0.5, 0.6) is 5.75 Å². The van der Waals surface area contributed by atoms with Crippen molar-refractivity contribution in [3.8, 4) is 5.75 Å². The summed E-state index contributed by atoms with van der Waals surface area (Å²) in [5, 5.41) is 2.95. The Morgan fingerprint density at radius 1 is 1.30 bits per heavy atom. The number of amides is 2. The number of methoxy groups -OCH3 is 1. The van der Waals surface area contributed by atoms with Gasteiger partial charge in [-0.3, -0.25) is 14.5 Å². The van der Waals surface area contributed by atoms with Gasteiger partial charge in [-0.1, -0.05) is 12.1 Å². The molecule has 1 fully saturated rings. The number of benzene rings is 1. The Hall–Kier alpha value is -2.08. The Bertz CT molecular complexity index is 537. The minimum absolute atomic E-state index is 0.00153. The average Bonchev–Trinajstić information content (AvgIpc) is 2.59. The van der Waals surface area contributed by atoms with Gasteiger partial charge in [0, 0.05) is 12.5 Å². The Labute approximate surface area is 137 Å². The lowest BCUT2D eigenvalue weighted by Gasteiger charge is -2.34. The Morgan fingerprint density at radius 2 is 1.91 bits per heavy atom. The van der Waals surface area contributed by atoms with Gasteiger partial charge in [0.05, 0.1) is 13.2 Å². The largest absolute Gasteiger partial charge is 0.497 e. The van der Waals surface area contributed by atoms with E-state index in [9.17, 15) is 9.59 Å². The number of nitrogens with two attached hydrogens (primary N) is 1. The summed E-state index contributed by atoms with van der Waals surface area (Å²) in [5.41, 5.74) is 6.36. The second-order valence-electron chi connectivity index (χ2n) is 5.95. The summed E-state index contributed by atoms with van der Waals surface area (Å²) in [6.45, 7) is 3.84. The molecule has 0 unspecified atom stereocenters. The first-order chi connectivity index (χ1) is 11.0. The standard InChI is InChI=1S/C17H25N3O3/c1-12(20-9-7-14(8-10-20)16(18)21)17(22)19-11-13-3-5-15(23-2)6-4-13/h3-6,12,14H,7-11H2,1-2H3,(H2,18,21)(H,19,22)/t12-/m1/s1. The van der Waals surface area contributed by atoms with E-state index < -0.39 is 0 Å². The van der Waals surface area contributed by atoms with Crippen molar-refractivity contribution in [1.29, 1.82) is 0 Å². The smallest absolute Gasteiger partial charge is 0.237 e. The summed E-state index contributed by atoms with van der Waals surface area (Å²) in [4.78, 5) is 25.6. The molecule has 6 nitrogen and oxygen atoms in total. The fourth-order valence-corrected chi connectivity index (χ4v) is 2.82. The van der Waals surface area contributed by atoms with E-state index in [1.807, 2.05) is 31.2 Å². The zero-order valence-electron chi connectivity index (χ0n) is 13.7. The van der Waals surface area contributed by atoms with Crippen molar-refractivity contribution in [3.63, 3.8) is 0 Å². The van der Waals surface area contributed by atoms with Gasteiger partial charge in [0.25, 0.3) is 0 Å². The van der Waals surface area contributed by atoms with Crippen LogP contribution in [0.2, 0.25) is 0 Å². The summed E-state index contributed by atoms with van der Waals surface area (Å²) >= 11 is 0. The van der Waals surface area contributed by atoms with E-state index in [1.165, 1.54) is 0 Å². The zero-order valence-corrected chi connectivity index (χ0v) is 13.7. The molecule has 1 atom stereocenters. The molecule has 1 aromatic carbocycles. The monoisotopic (exact) mass is 319 g/mol. The lowest BCUT2D eigenvalue weighted by atomic mass is 9.95. The maximum Gasteiger partial charge on any atom is 0.237 e. The molecule has 1 saturated heterocycles. The molecular formula is C17H25N3O3. The van der Waals surface area contributed by atoms with Gasteiger partial charge in [0.1, 0.15) is 5.75 Å². The molecule has 6 heteroatoms. The minimum Gasteiger partial charge on any atom is -0.497 e. The van der Waals surface area contributed by atoms with Gasteiger partial charge in [-0.15, -0.1) is 0 Å². The highest BCUT2D eigenvalue weighted by Crippen LogP contribution is 2.18. The van der Waals surface area contributed by atoms with Crippen LogP contribution in [0, 0.1) is 5.92 Å². The Morgan fingerprint density at radius 3 is 2.43 bits per heavy atom. The van der Waals surface area contributed by atoms with Crippen molar-refractivity contribution in [1.82, 2.24) is 10.2 Å². The van der Waals surface area contributed by atoms with E-state index in [0.717, 1.165) is 37.2 Å². The maximum atomic E-state index is 12.3. The number of carbonyl (C=O) groups excluding carboxylic acids is 2. The van der Waals surface area contributed by atoms with Gasteiger partial charge >= 0.3 is 0 Å². The predicted molar refractivity (Wildman–Crippen MR) is 87.8 cm³/mol. The number of primary amides is 1. The second-order valence-corrected chi connectivity index (χ2v) is 5.95. The van der Waals surface area contributed by atoms with Gasteiger partial charge in [-0.25, -0.2) is 0 Å². The summed E-state index contributed by atoms with van der Waals surface area (Å²) in [7, 11) is 1.62. The maximum absolute atomic E-state index is 12.3. The first kappa shape index (κ1) is 17.3. The Kier molecular flexibility index (Phi) is 5.98. The topological polar surface area (TPSA) is 84.7 Å². The van der Waals surface area contributed by atoms with Crippen LogP contribution in [0.1, 0.15) is 25.3 Å². The summed E-state index contributed by atoms with van der Waals surface area (Å²) in [6.07, 6.45) is 1.46. The van der Waals surface area contributed by atoms with Crippen LogP contribution in [0.25, 0.3) is 0 Å². The van der Waals surface area contributed by atoms with Crippen molar-refractivity contribution in [2.24, 2.45) is 11.7 Å². The van der Waals surface area contributed by atoms with Crippen molar-refractivity contribution >= 4 is 11.8 Å². The number of nitrogens with one attached hydrogen (secondary N) is 1. The minimum atomic E-state index is -0.235. The molecule has 2 rings (SSSR count). The third kappa shape index (κ3) is 4.69. The summed E-state index contributed by atoms with van der Waals surface area (Å²) in [5.74, 6) is 0.506. The molecule has 23 heavy (non-hydrogen) atoms. The molecule has 0 bridgehead atoms. The van der Waals surface area contributed by atoms with Crippen LogP contribution in [0.4, 0.5) is 0 Å². The molecule has 3 N–H and O–H groups in total. The van der Waals surface area contributed by atoms with E-state index in [-0.39, 0.29) is 23.8 Å². The highest BCUT2D eigenvalue weighted by Gasteiger charge is 2.28. The molecular weight excluding hydrogens is 294 g/mol. The third-order valence-electron chi connectivity index (χ3n) is 4.48. The highest BCUT2D eigenvalue weighted by molar-refractivity contribution is 5.81. The first-order valence-corrected chi connectivity index (χ1v) is 7.95. The molecule has 1 aliphatic rings. The fraction of sp³-hybridized carbons (Fsp3) is 0.529. The molecule has 0 aromatic heterocycles. The lowest BCUT2D eigenvalue weighted by Crippen LogP contribution is -2.49. The van der Waals surface area contributed by atoms with Crippen LogP contribution in [-0.4, -0.2) is 43.0 Å². The second kappa shape index (κ2) is 7.97. The summed E-state index contributed by atoms with van der Waals surface area (Å²) < 4.78 is 5.11. The van der Waals surface area contributed by atoms with Crippen molar-refractivity contribution in [2.75, 3.05) is 20.2 Å². The number of likely N-dealkylation sites (tertiary alicyclic amines) is 1. The fourth-order valence-electron chi connectivity index (χ4n) is 2.82. The van der Waals surface area contributed by atoms with E-state index in [1.54, 1.807) is 7.11 Å². The number of hydrogen-bond donors (Lipinski definition) is 2. The molecule has 0 spiro atoms. The number of nitrogens with zero attached hydrogens (tertiary/aromatic N) is 1. The van der Waals surface area contributed by atoms with Crippen molar-refractivity contribution in [3.05, 3.63) is 29.8 Å². The number of hydrogen-bond acceptors (Lipinski definition) is 4. The Balaban J connectivity index is 1.79. The molecule has 0 aliphatic carbocycles. The normalized spacial score (nSPS) is 17.5. The van der Waals surface area contributed by atoms with Gasteiger partial charge in [0.2, 0.25) is 11.8 Å². The molecule has 0 saturated carbocycles. The molecule has 0 radical (unpaired) electrons. The van der Waals surface area contributed by atoms with E-state index >= 15 is 0 Å². The van der Waals surface area contributed by atoms with Crippen LogP contribution in [0.15, 0.2) is 24.3 Å². The average molecular weight is 319 g/mol. The molecule has 126 valence electrons. The molecule has 1 heterocycles. The van der Waals surface area contributed by atoms with Crippen LogP contribution >= 0.6 is 0 Å². The number of carbonyl (C=O) groups is 2. The predicted octanol–water partition coefficient (Wildman–Crippen LogP) is 0.897. The molecule has 1 aliphatic heterocycles. The number of piperidine rings is 1. The number of ether oxygens (including phenoxy) is 1. The molecule has 2 amide bonds. The number of rotatable bonds is 6. The zero-order chi connectivity index (χ0) is 16.8. The van der Waals surface area contributed by atoms with Crippen molar-refractivity contribution < 1.29 is 14.3 Å². The van der Waals surface area contributed by atoms with Gasteiger partial charge in [0.15, 0.2) is 0 Å². The first-order valence-electron chi connectivity index (χ1n) is 7.95. The van der Waals surface area contributed by atoms with Gasteiger partial charge in [-0.05, 0) is 50.6 Å². The van der Waals surface area contributed by atoms with Gasteiger partial charge in [-0.2, -0.15) is 0 Å². The quantitative estimate of drug-likeness (QED) is 0.816. The van der Waals surface area contributed by atoms with Crippen LogP contribution in [-0.2, 0) is 16.1 Å². The summed E-state index contributed by atoms with van der Waals surface area (Å²) in [6, 6.07) is 7.41. The van der Waals surface area contributed by atoms with Crippen LogP contribution in [0.3, 0.4) is 0 Å².